The third-order valence-corrected chi connectivity index (χ3v) is 5.48. The highest BCUT2D eigenvalue weighted by atomic mass is 35.5. The molecule has 0 aliphatic rings. The van der Waals surface area contributed by atoms with Gasteiger partial charge in [-0.25, -0.2) is 5.43 Å². The first kappa shape index (κ1) is 23.1. The number of hydrazone groups is 1. The fourth-order valence-corrected chi connectivity index (χ4v) is 3.36. The number of benzene rings is 3. The predicted octanol–water partition coefficient (Wildman–Crippen LogP) is 5.14. The number of hydrogen-bond acceptors (Lipinski definition) is 5. The number of amides is 1. The largest absolute Gasteiger partial charge is 0.489 e. The topological polar surface area (TPSA) is 82.6 Å². The van der Waals surface area contributed by atoms with Crippen LogP contribution in [-0.2, 0) is 6.61 Å². The zero-order valence-corrected chi connectivity index (χ0v) is 19.6. The second-order valence-corrected chi connectivity index (χ2v) is 8.16. The molecule has 0 saturated carbocycles. The van der Waals surface area contributed by atoms with Gasteiger partial charge in [0.05, 0.1) is 11.9 Å². The van der Waals surface area contributed by atoms with Crippen LogP contribution in [-0.4, -0.2) is 36.4 Å². The van der Waals surface area contributed by atoms with E-state index in [-0.39, 0.29) is 5.91 Å². The van der Waals surface area contributed by atoms with Gasteiger partial charge in [0.25, 0.3) is 5.91 Å². The van der Waals surface area contributed by atoms with Crippen LogP contribution in [0.3, 0.4) is 0 Å². The van der Waals surface area contributed by atoms with Gasteiger partial charge in [-0.1, -0.05) is 41.9 Å². The van der Waals surface area contributed by atoms with Crippen molar-refractivity contribution in [2.75, 3.05) is 19.0 Å². The molecule has 0 aliphatic carbocycles. The summed E-state index contributed by atoms with van der Waals surface area (Å²) in [4.78, 5) is 14.4. The summed E-state index contributed by atoms with van der Waals surface area (Å²) in [5.74, 6) is 0.338. The van der Waals surface area contributed by atoms with Crippen LogP contribution < -0.4 is 15.1 Å². The van der Waals surface area contributed by atoms with Gasteiger partial charge < -0.3 is 9.64 Å². The number of carbonyl (C=O) groups is 1. The number of nitrogens with one attached hydrogen (secondary N) is 2. The normalized spacial score (nSPS) is 10.9. The Labute approximate surface area is 203 Å². The van der Waals surface area contributed by atoms with Gasteiger partial charge in [-0.15, -0.1) is 0 Å². The van der Waals surface area contributed by atoms with E-state index in [0.29, 0.717) is 28.8 Å². The summed E-state index contributed by atoms with van der Waals surface area (Å²) < 4.78 is 5.81. The molecule has 2 N–H and O–H groups in total. The van der Waals surface area contributed by atoms with Crippen LogP contribution in [0.15, 0.2) is 84.0 Å². The van der Waals surface area contributed by atoms with E-state index in [1.165, 1.54) is 0 Å². The summed E-state index contributed by atoms with van der Waals surface area (Å²) in [6.45, 7) is 0.381. The van der Waals surface area contributed by atoms with Crippen LogP contribution >= 0.6 is 11.6 Å². The summed E-state index contributed by atoms with van der Waals surface area (Å²) in [5, 5.41) is 11.7. The fourth-order valence-electron chi connectivity index (χ4n) is 3.17. The lowest BCUT2D eigenvalue weighted by molar-refractivity contribution is 0.0950. The molecule has 1 aromatic heterocycles. The molecule has 1 amide bonds. The maximum Gasteiger partial charge on any atom is 0.289 e. The van der Waals surface area contributed by atoms with Crippen LogP contribution in [0.5, 0.6) is 5.75 Å². The van der Waals surface area contributed by atoms with Gasteiger partial charge >= 0.3 is 0 Å². The van der Waals surface area contributed by atoms with E-state index in [1.54, 1.807) is 12.3 Å². The number of ether oxygens (including phenoxy) is 1. The van der Waals surface area contributed by atoms with Gasteiger partial charge in [-0.05, 0) is 54.1 Å². The molecule has 0 saturated heterocycles. The zero-order chi connectivity index (χ0) is 23.9. The summed E-state index contributed by atoms with van der Waals surface area (Å²) in [7, 11) is 3.96. The minimum atomic E-state index is -0.375. The van der Waals surface area contributed by atoms with Crippen LogP contribution in [0.1, 0.15) is 21.6 Å². The Morgan fingerprint density at radius 3 is 2.53 bits per heavy atom. The Morgan fingerprint density at radius 2 is 1.82 bits per heavy atom. The van der Waals surface area contributed by atoms with Gasteiger partial charge in [-0.3, -0.25) is 9.89 Å². The van der Waals surface area contributed by atoms with Gasteiger partial charge in [0.2, 0.25) is 0 Å². The molecular weight excluding hydrogens is 450 g/mol. The van der Waals surface area contributed by atoms with Crippen molar-refractivity contribution in [3.8, 4) is 17.0 Å². The van der Waals surface area contributed by atoms with Crippen molar-refractivity contribution in [2.24, 2.45) is 5.10 Å². The molecule has 4 rings (SSSR count). The van der Waals surface area contributed by atoms with E-state index >= 15 is 0 Å². The molecule has 1 heterocycles. The molecule has 0 unspecified atom stereocenters. The molecule has 0 radical (unpaired) electrons. The van der Waals surface area contributed by atoms with Crippen molar-refractivity contribution in [3.63, 3.8) is 0 Å². The Hall–Kier alpha value is -4.10. The van der Waals surface area contributed by atoms with Gasteiger partial charge in [0.1, 0.15) is 18.1 Å². The number of hydrogen-bond donors (Lipinski definition) is 2. The SMILES string of the molecule is CN(C)c1ccc(/C=N\NC(=O)c2cc(-c3ccc(OCc4ccccc4Cl)cc3)n[nH]2)cc1. The molecular formula is C26H24ClN5O2. The maximum atomic E-state index is 12.4. The monoisotopic (exact) mass is 473 g/mol. The molecule has 172 valence electrons. The number of halogens is 1. The highest BCUT2D eigenvalue weighted by Crippen LogP contribution is 2.23. The second kappa shape index (κ2) is 10.7. The van der Waals surface area contributed by atoms with Crippen molar-refractivity contribution in [1.29, 1.82) is 0 Å². The molecule has 0 fully saturated rings. The lowest BCUT2D eigenvalue weighted by Crippen LogP contribution is -2.18. The lowest BCUT2D eigenvalue weighted by Gasteiger charge is -2.11. The van der Waals surface area contributed by atoms with Gasteiger partial charge in [-0.2, -0.15) is 10.2 Å². The summed E-state index contributed by atoms with van der Waals surface area (Å²) in [5.41, 5.74) is 7.22. The Balaban J connectivity index is 1.33. The quantitative estimate of drug-likeness (QED) is 0.274. The Morgan fingerprint density at radius 1 is 1.09 bits per heavy atom. The number of anilines is 1. The molecule has 4 aromatic rings. The molecule has 34 heavy (non-hydrogen) atoms. The first-order valence-electron chi connectivity index (χ1n) is 10.6. The van der Waals surface area contributed by atoms with E-state index in [9.17, 15) is 4.79 Å². The van der Waals surface area contributed by atoms with E-state index in [4.69, 9.17) is 16.3 Å². The summed E-state index contributed by atoms with van der Waals surface area (Å²) in [6.07, 6.45) is 1.59. The summed E-state index contributed by atoms with van der Waals surface area (Å²) in [6, 6.07) is 24.6. The predicted molar refractivity (Wildman–Crippen MR) is 136 cm³/mol. The third-order valence-electron chi connectivity index (χ3n) is 5.11. The van der Waals surface area contributed by atoms with E-state index in [2.05, 4.69) is 20.7 Å². The second-order valence-electron chi connectivity index (χ2n) is 7.76. The van der Waals surface area contributed by atoms with E-state index in [1.807, 2.05) is 91.8 Å². The van der Waals surface area contributed by atoms with Crippen LogP contribution in [0.4, 0.5) is 5.69 Å². The minimum absolute atomic E-state index is 0.314. The Kier molecular flexibility index (Phi) is 7.25. The molecule has 8 heteroatoms. The number of H-pyrrole nitrogens is 1. The molecule has 0 aliphatic heterocycles. The number of nitrogens with zero attached hydrogens (tertiary/aromatic N) is 3. The minimum Gasteiger partial charge on any atom is -0.489 e. The standard InChI is InChI=1S/C26H24ClN5O2/c1-32(2)21-11-7-18(8-12-21)16-28-31-26(33)25-15-24(29-30-25)19-9-13-22(14-10-19)34-17-20-5-3-4-6-23(20)27/h3-16H,17H2,1-2H3,(H,29,30)(H,31,33)/b28-16-. The first-order valence-corrected chi connectivity index (χ1v) is 11.0. The van der Waals surface area contributed by atoms with E-state index in [0.717, 1.165) is 22.4 Å². The molecule has 0 atom stereocenters. The van der Waals surface area contributed by atoms with Crippen molar-refractivity contribution in [1.82, 2.24) is 15.6 Å². The van der Waals surface area contributed by atoms with Gasteiger partial charge in [0, 0.05) is 35.9 Å². The fraction of sp³-hybridized carbons (Fsp3) is 0.115. The number of carbonyl (C=O) groups excluding carboxylic acids is 1. The molecule has 3 aromatic carbocycles. The lowest BCUT2D eigenvalue weighted by atomic mass is 10.1. The van der Waals surface area contributed by atoms with Crippen LogP contribution in [0.25, 0.3) is 11.3 Å². The van der Waals surface area contributed by atoms with Crippen molar-refractivity contribution < 1.29 is 9.53 Å². The highest BCUT2D eigenvalue weighted by Gasteiger charge is 2.11. The van der Waals surface area contributed by atoms with Crippen LogP contribution in [0, 0.1) is 0 Å². The van der Waals surface area contributed by atoms with E-state index < -0.39 is 0 Å². The zero-order valence-electron chi connectivity index (χ0n) is 18.8. The third kappa shape index (κ3) is 5.82. The molecule has 0 bridgehead atoms. The maximum absolute atomic E-state index is 12.4. The average Bonchev–Trinajstić information content (AvgIpc) is 3.35. The summed E-state index contributed by atoms with van der Waals surface area (Å²) >= 11 is 6.17. The van der Waals surface area contributed by atoms with Crippen molar-refractivity contribution in [2.45, 2.75) is 6.61 Å². The Bertz CT molecular complexity index is 1280. The smallest absolute Gasteiger partial charge is 0.289 e. The van der Waals surface area contributed by atoms with Gasteiger partial charge in [0.15, 0.2) is 0 Å². The average molecular weight is 474 g/mol. The van der Waals surface area contributed by atoms with Crippen LogP contribution in [0.2, 0.25) is 5.02 Å². The highest BCUT2D eigenvalue weighted by molar-refractivity contribution is 6.31. The van der Waals surface area contributed by atoms with Crippen molar-refractivity contribution in [3.05, 3.63) is 101 Å². The van der Waals surface area contributed by atoms with Crippen molar-refractivity contribution >= 4 is 29.4 Å². The molecule has 7 nitrogen and oxygen atoms in total. The molecule has 0 spiro atoms. The number of aromatic nitrogens is 2. The first-order chi connectivity index (χ1) is 16.5. The number of aromatic amines is 1. The number of rotatable bonds is 8.